The van der Waals surface area contributed by atoms with E-state index in [2.05, 4.69) is 52.9 Å². The molecule has 2 amide bonds. The molecule has 3 atom stereocenters. The summed E-state index contributed by atoms with van der Waals surface area (Å²) in [5.41, 5.74) is 5.50. The van der Waals surface area contributed by atoms with E-state index in [1.165, 1.54) is 5.56 Å². The quantitative estimate of drug-likeness (QED) is 0.388. The summed E-state index contributed by atoms with van der Waals surface area (Å²) in [4.78, 5) is 34.6. The van der Waals surface area contributed by atoms with Crippen LogP contribution in [0.4, 0.5) is 0 Å². The molecule has 8 rings (SSSR count). The minimum atomic E-state index is -0.548. The summed E-state index contributed by atoms with van der Waals surface area (Å²) >= 11 is 0. The van der Waals surface area contributed by atoms with Gasteiger partial charge in [-0.25, -0.2) is 0 Å². The number of benzene rings is 3. The molecule has 3 aromatic carbocycles. The van der Waals surface area contributed by atoms with E-state index >= 15 is 0 Å². The van der Waals surface area contributed by atoms with Crippen LogP contribution in [0, 0.1) is 0 Å². The van der Waals surface area contributed by atoms with Crippen molar-refractivity contribution < 1.29 is 19.1 Å². The Hall–Kier alpha value is -4.30. The Balaban J connectivity index is 1.16. The second-order valence-electron chi connectivity index (χ2n) is 11.6. The van der Waals surface area contributed by atoms with E-state index in [0.717, 1.165) is 53.8 Å². The number of likely N-dealkylation sites (tertiary alicyclic amines) is 1. The molecular formula is C33H32N4O4. The highest BCUT2D eigenvalue weighted by atomic mass is 16.7. The number of ether oxygens (including phenoxy) is 2. The second kappa shape index (κ2) is 9.38. The van der Waals surface area contributed by atoms with Gasteiger partial charge < -0.3 is 23.8 Å². The molecule has 208 valence electrons. The Bertz CT molecular complexity index is 1680. The lowest BCUT2D eigenvalue weighted by atomic mass is 9.85. The second-order valence-corrected chi connectivity index (χ2v) is 11.6. The number of fused-ring (bicyclic) bond motifs is 5. The van der Waals surface area contributed by atoms with Gasteiger partial charge in [0.25, 0.3) is 0 Å². The van der Waals surface area contributed by atoms with Crippen LogP contribution >= 0.6 is 0 Å². The molecule has 0 saturated carbocycles. The van der Waals surface area contributed by atoms with Crippen LogP contribution in [0.15, 0.2) is 72.8 Å². The predicted molar refractivity (Wildman–Crippen MR) is 154 cm³/mol. The minimum Gasteiger partial charge on any atom is -0.454 e. The summed E-state index contributed by atoms with van der Waals surface area (Å²) in [6.45, 7) is 2.85. The maximum absolute atomic E-state index is 14.3. The fraction of sp³-hybridized carbons (Fsp3) is 0.333. The monoisotopic (exact) mass is 548 g/mol. The van der Waals surface area contributed by atoms with E-state index in [9.17, 15) is 9.59 Å². The van der Waals surface area contributed by atoms with Crippen LogP contribution in [0.25, 0.3) is 10.9 Å². The number of rotatable bonds is 4. The van der Waals surface area contributed by atoms with Crippen LogP contribution in [0.1, 0.15) is 34.8 Å². The van der Waals surface area contributed by atoms with Gasteiger partial charge in [0.15, 0.2) is 11.5 Å². The molecular weight excluding hydrogens is 516 g/mol. The number of hydrogen-bond acceptors (Lipinski definition) is 5. The van der Waals surface area contributed by atoms with Gasteiger partial charge in [-0.2, -0.15) is 0 Å². The first-order chi connectivity index (χ1) is 20.1. The zero-order chi connectivity index (χ0) is 27.7. The number of carbonyl (C=O) groups excluding carboxylic acids is 2. The third-order valence-electron chi connectivity index (χ3n) is 9.34. The van der Waals surface area contributed by atoms with Crippen molar-refractivity contribution in [3.05, 3.63) is 95.2 Å². The van der Waals surface area contributed by atoms with Gasteiger partial charge >= 0.3 is 0 Å². The highest BCUT2D eigenvalue weighted by molar-refractivity contribution is 5.98. The normalized spacial score (nSPS) is 23.8. The van der Waals surface area contributed by atoms with Gasteiger partial charge in [0, 0.05) is 55.7 Å². The summed E-state index contributed by atoms with van der Waals surface area (Å²) in [5, 5.41) is 1.14. The molecule has 4 aromatic rings. The van der Waals surface area contributed by atoms with Crippen molar-refractivity contribution in [2.45, 2.75) is 37.5 Å². The molecule has 0 bridgehead atoms. The molecule has 4 aliphatic heterocycles. The first kappa shape index (κ1) is 24.5. The fourth-order valence-electron chi connectivity index (χ4n) is 7.44. The molecule has 41 heavy (non-hydrogen) atoms. The lowest BCUT2D eigenvalue weighted by Crippen LogP contribution is -2.65. The van der Waals surface area contributed by atoms with Crippen LogP contribution in [0.2, 0.25) is 0 Å². The number of hydrogen-bond donors (Lipinski definition) is 0. The molecule has 4 aliphatic rings. The topological polar surface area (TPSA) is 67.3 Å². The molecule has 0 N–H and O–H groups in total. The Morgan fingerprint density at radius 1 is 0.927 bits per heavy atom. The highest BCUT2D eigenvalue weighted by Crippen LogP contribution is 2.46. The van der Waals surface area contributed by atoms with Gasteiger partial charge in [0.05, 0.1) is 6.04 Å². The van der Waals surface area contributed by atoms with E-state index in [-0.39, 0.29) is 31.2 Å². The average molecular weight is 549 g/mol. The Kier molecular flexibility index (Phi) is 5.60. The van der Waals surface area contributed by atoms with Crippen LogP contribution < -0.4 is 9.47 Å². The van der Waals surface area contributed by atoms with Crippen LogP contribution in [0.5, 0.6) is 11.5 Å². The number of para-hydroxylation sites is 1. The van der Waals surface area contributed by atoms with Gasteiger partial charge in [0.1, 0.15) is 12.6 Å². The van der Waals surface area contributed by atoms with Crippen molar-refractivity contribution in [2.75, 3.05) is 26.4 Å². The zero-order valence-corrected chi connectivity index (χ0v) is 23.0. The maximum Gasteiger partial charge on any atom is 0.246 e. The van der Waals surface area contributed by atoms with E-state index < -0.39 is 12.1 Å². The van der Waals surface area contributed by atoms with Gasteiger partial charge in [-0.3, -0.25) is 14.5 Å². The highest BCUT2D eigenvalue weighted by Gasteiger charge is 2.50. The van der Waals surface area contributed by atoms with E-state index in [4.69, 9.17) is 9.47 Å². The standard InChI is InChI=1S/C33H32N4O4/c1-34-26-10-6-5-9-24(26)25-16-27-33(39)36(23-13-14-35(18-23)17-21-7-3-2-4-8-21)19-30(38)37(27)31(32(25)34)22-11-12-28-29(15-22)41-20-40-28/h2-12,15,23,27,31H,13-14,16-20H2,1H3/t23-,27-,31-/m1/s1. The number of carbonyl (C=O) groups is 2. The number of nitrogens with zero attached hydrogens (tertiary/aromatic N) is 4. The average Bonchev–Trinajstić information content (AvgIpc) is 3.73. The van der Waals surface area contributed by atoms with Crippen LogP contribution in [-0.4, -0.2) is 69.6 Å². The molecule has 0 aliphatic carbocycles. The first-order valence-corrected chi connectivity index (χ1v) is 14.4. The number of amides is 2. The van der Waals surface area contributed by atoms with Crippen molar-refractivity contribution in [3.63, 3.8) is 0 Å². The van der Waals surface area contributed by atoms with Crippen LogP contribution in [-0.2, 0) is 29.6 Å². The van der Waals surface area contributed by atoms with E-state index in [0.29, 0.717) is 17.9 Å². The third-order valence-corrected chi connectivity index (χ3v) is 9.34. The molecule has 8 nitrogen and oxygen atoms in total. The van der Waals surface area contributed by atoms with Gasteiger partial charge in [-0.15, -0.1) is 0 Å². The molecule has 1 aromatic heterocycles. The van der Waals surface area contributed by atoms with Crippen molar-refractivity contribution in [1.29, 1.82) is 0 Å². The van der Waals surface area contributed by atoms with Crippen molar-refractivity contribution in [1.82, 2.24) is 19.3 Å². The number of aryl methyl sites for hydroxylation is 1. The third kappa shape index (κ3) is 3.84. The van der Waals surface area contributed by atoms with Crippen molar-refractivity contribution in [3.8, 4) is 11.5 Å². The molecule has 2 saturated heterocycles. The van der Waals surface area contributed by atoms with Gasteiger partial charge in [0.2, 0.25) is 18.6 Å². The SMILES string of the molecule is Cn1c2c(c3ccccc31)C[C@@H]1C(=O)N([C@@H]3CCN(Cc4ccccc4)C3)CC(=O)N1[C@@H]2c1ccc2c(c1)OCO2. The summed E-state index contributed by atoms with van der Waals surface area (Å²) in [6.07, 6.45) is 1.39. The number of piperazine rings is 1. The summed E-state index contributed by atoms with van der Waals surface area (Å²) in [7, 11) is 2.06. The molecule has 5 heterocycles. The minimum absolute atomic E-state index is 0.00492. The lowest BCUT2D eigenvalue weighted by molar-refractivity contribution is -0.160. The Morgan fingerprint density at radius 3 is 2.61 bits per heavy atom. The Morgan fingerprint density at radius 2 is 1.73 bits per heavy atom. The summed E-state index contributed by atoms with van der Waals surface area (Å²) in [6, 6.07) is 23.7. The molecule has 2 fully saturated rings. The zero-order valence-electron chi connectivity index (χ0n) is 23.0. The number of aromatic nitrogens is 1. The van der Waals surface area contributed by atoms with E-state index in [1.54, 1.807) is 0 Å². The predicted octanol–water partition coefficient (Wildman–Crippen LogP) is 3.87. The smallest absolute Gasteiger partial charge is 0.246 e. The van der Waals surface area contributed by atoms with Gasteiger partial charge in [-0.1, -0.05) is 54.6 Å². The first-order valence-electron chi connectivity index (χ1n) is 14.4. The summed E-state index contributed by atoms with van der Waals surface area (Å²) < 4.78 is 13.5. The molecule has 0 radical (unpaired) electrons. The van der Waals surface area contributed by atoms with Gasteiger partial charge in [-0.05, 0) is 41.3 Å². The fourth-order valence-corrected chi connectivity index (χ4v) is 7.44. The molecule has 0 unspecified atom stereocenters. The van der Waals surface area contributed by atoms with E-state index in [1.807, 2.05) is 46.2 Å². The molecule has 8 heteroatoms. The lowest BCUT2D eigenvalue weighted by Gasteiger charge is -2.48. The largest absolute Gasteiger partial charge is 0.454 e. The molecule has 0 spiro atoms. The maximum atomic E-state index is 14.3. The Labute approximate surface area is 238 Å². The van der Waals surface area contributed by atoms with Crippen molar-refractivity contribution in [2.24, 2.45) is 7.05 Å². The van der Waals surface area contributed by atoms with Crippen LogP contribution in [0.3, 0.4) is 0 Å². The summed E-state index contributed by atoms with van der Waals surface area (Å²) in [5.74, 6) is 1.42. The van der Waals surface area contributed by atoms with Crippen molar-refractivity contribution >= 4 is 22.7 Å².